The maximum atomic E-state index is 10.8. The molecule has 2 aromatic rings. The number of nitrogens with two attached hydrogens (primary N) is 1. The van der Waals surface area contributed by atoms with Gasteiger partial charge in [0, 0.05) is 6.54 Å². The van der Waals surface area contributed by atoms with Gasteiger partial charge in [-0.05, 0) is 24.5 Å². The number of hydrazine groups is 1. The van der Waals surface area contributed by atoms with Crippen LogP contribution in [0.2, 0.25) is 0 Å². The van der Waals surface area contributed by atoms with E-state index >= 15 is 0 Å². The van der Waals surface area contributed by atoms with Crippen molar-refractivity contribution in [3.63, 3.8) is 0 Å². The highest BCUT2D eigenvalue weighted by Crippen LogP contribution is 2.20. The summed E-state index contributed by atoms with van der Waals surface area (Å²) in [6.07, 6.45) is 0.808. The van der Waals surface area contributed by atoms with Crippen LogP contribution in [0.5, 0.6) is 0 Å². The molecule has 0 aliphatic rings. The minimum Gasteiger partial charge on any atom is -0.369 e. The molecule has 0 aliphatic carbocycles. The van der Waals surface area contributed by atoms with Gasteiger partial charge in [0.15, 0.2) is 0 Å². The molecule has 7 nitrogen and oxygen atoms in total. The Morgan fingerprint density at radius 2 is 2.00 bits per heavy atom. The maximum Gasteiger partial charge on any atom is 0.276 e. The number of aromatic nitrogens is 1. The van der Waals surface area contributed by atoms with Gasteiger partial charge in [-0.2, -0.15) is 0 Å². The molecule has 0 amide bonds. The lowest BCUT2D eigenvalue weighted by Crippen LogP contribution is -2.12. The summed E-state index contributed by atoms with van der Waals surface area (Å²) in [6.45, 7) is 2.68. The highest BCUT2D eigenvalue weighted by molar-refractivity contribution is 5.54. The van der Waals surface area contributed by atoms with Crippen molar-refractivity contribution in [1.82, 2.24) is 4.98 Å². The number of aryl methyl sites for hydroxylation is 1. The Labute approximate surface area is 122 Å². The summed E-state index contributed by atoms with van der Waals surface area (Å²) < 4.78 is 0. The molecule has 0 radical (unpaired) electrons. The smallest absolute Gasteiger partial charge is 0.276 e. The zero-order chi connectivity index (χ0) is 15.2. The highest BCUT2D eigenvalue weighted by atomic mass is 16.6. The van der Waals surface area contributed by atoms with E-state index in [1.54, 1.807) is 0 Å². The van der Waals surface area contributed by atoms with E-state index in [2.05, 4.69) is 34.8 Å². The molecular formula is C14H17N5O2. The van der Waals surface area contributed by atoms with Gasteiger partial charge in [-0.15, -0.1) is 0 Å². The number of nitrogen functional groups attached to an aromatic ring is 1. The molecule has 1 aromatic carbocycles. The molecule has 1 heterocycles. The number of hydrogen-bond acceptors (Lipinski definition) is 6. The molecule has 1 aromatic heterocycles. The van der Waals surface area contributed by atoms with Gasteiger partial charge in [-0.3, -0.25) is 10.1 Å². The Morgan fingerprint density at radius 3 is 2.67 bits per heavy atom. The Bertz CT molecular complexity index is 645. The molecule has 4 N–H and O–H groups in total. The van der Waals surface area contributed by atoms with Crippen molar-refractivity contribution in [2.45, 2.75) is 13.3 Å². The summed E-state index contributed by atoms with van der Waals surface area (Å²) in [4.78, 5) is 14.5. The van der Waals surface area contributed by atoms with Gasteiger partial charge in [0.1, 0.15) is 11.6 Å². The first-order valence-electron chi connectivity index (χ1n) is 6.51. The van der Waals surface area contributed by atoms with E-state index < -0.39 is 4.92 Å². The van der Waals surface area contributed by atoms with Crippen LogP contribution in [-0.2, 0) is 6.42 Å². The molecule has 2 rings (SSSR count). The van der Waals surface area contributed by atoms with Crippen LogP contribution in [-0.4, -0.2) is 16.5 Å². The van der Waals surface area contributed by atoms with Crippen molar-refractivity contribution in [3.8, 4) is 0 Å². The standard InChI is InChI=1S/C14H17N5O2/c1-10-4-2-3-5-11(10)6-7-16-13-8-12(19(20)21)9-14(17-13)18-15/h2-5,8-9H,6-7,15H2,1H3,(H2,16,17,18). The number of pyridine rings is 1. The number of benzene rings is 1. The molecular weight excluding hydrogens is 270 g/mol. The average Bonchev–Trinajstić information content (AvgIpc) is 2.49. The second-order valence-electron chi connectivity index (χ2n) is 4.60. The van der Waals surface area contributed by atoms with Crippen LogP contribution in [0.1, 0.15) is 11.1 Å². The van der Waals surface area contributed by atoms with Crippen LogP contribution < -0.4 is 16.6 Å². The Kier molecular flexibility index (Phi) is 4.68. The summed E-state index contributed by atoms with van der Waals surface area (Å²) in [5, 5.41) is 13.9. The lowest BCUT2D eigenvalue weighted by Gasteiger charge is -2.09. The van der Waals surface area contributed by atoms with Crippen LogP contribution >= 0.6 is 0 Å². The molecule has 7 heteroatoms. The van der Waals surface area contributed by atoms with Crippen LogP contribution in [0.25, 0.3) is 0 Å². The van der Waals surface area contributed by atoms with Gasteiger partial charge in [-0.25, -0.2) is 10.8 Å². The third-order valence-electron chi connectivity index (χ3n) is 3.13. The molecule has 0 fully saturated rings. The van der Waals surface area contributed by atoms with E-state index in [9.17, 15) is 10.1 Å². The fourth-order valence-corrected chi connectivity index (χ4v) is 2.00. The monoisotopic (exact) mass is 287 g/mol. The number of nitrogens with one attached hydrogen (secondary N) is 2. The van der Waals surface area contributed by atoms with Gasteiger partial charge < -0.3 is 10.7 Å². The van der Waals surface area contributed by atoms with Gasteiger partial charge >= 0.3 is 0 Å². The van der Waals surface area contributed by atoms with Gasteiger partial charge in [0.2, 0.25) is 0 Å². The molecule has 0 bridgehead atoms. The molecule has 0 saturated carbocycles. The molecule has 0 spiro atoms. The largest absolute Gasteiger partial charge is 0.369 e. The van der Waals surface area contributed by atoms with Crippen molar-refractivity contribution in [1.29, 1.82) is 0 Å². The number of rotatable bonds is 6. The van der Waals surface area contributed by atoms with E-state index in [1.807, 2.05) is 12.1 Å². The first kappa shape index (κ1) is 14.7. The van der Waals surface area contributed by atoms with Crippen LogP contribution in [0, 0.1) is 17.0 Å². The normalized spacial score (nSPS) is 10.2. The van der Waals surface area contributed by atoms with Crippen LogP contribution in [0.15, 0.2) is 36.4 Å². The lowest BCUT2D eigenvalue weighted by atomic mass is 10.1. The molecule has 0 unspecified atom stereocenters. The SMILES string of the molecule is Cc1ccccc1CCNc1cc([N+](=O)[O-])cc(NN)n1. The van der Waals surface area contributed by atoms with E-state index in [1.165, 1.54) is 23.3 Å². The minimum absolute atomic E-state index is 0.0589. The van der Waals surface area contributed by atoms with Crippen molar-refractivity contribution >= 4 is 17.3 Å². The number of hydrogen-bond donors (Lipinski definition) is 3. The van der Waals surface area contributed by atoms with E-state index in [-0.39, 0.29) is 11.5 Å². The van der Waals surface area contributed by atoms with Crippen molar-refractivity contribution in [3.05, 3.63) is 57.6 Å². The Balaban J connectivity index is 2.04. The fourth-order valence-electron chi connectivity index (χ4n) is 2.00. The molecule has 0 aliphatic heterocycles. The second kappa shape index (κ2) is 6.67. The predicted octanol–water partition coefficient (Wildman–Crippen LogP) is 2.24. The van der Waals surface area contributed by atoms with Crippen LogP contribution in [0.4, 0.5) is 17.3 Å². The Hall–Kier alpha value is -2.67. The number of anilines is 2. The average molecular weight is 287 g/mol. The quantitative estimate of drug-likeness (QED) is 0.427. The summed E-state index contributed by atoms with van der Waals surface area (Å²) in [7, 11) is 0. The molecule has 0 saturated heterocycles. The zero-order valence-electron chi connectivity index (χ0n) is 11.7. The predicted molar refractivity (Wildman–Crippen MR) is 82.1 cm³/mol. The first-order chi connectivity index (χ1) is 10.1. The fraction of sp³-hybridized carbons (Fsp3) is 0.214. The third kappa shape index (κ3) is 3.90. The van der Waals surface area contributed by atoms with Crippen molar-refractivity contribution < 1.29 is 4.92 Å². The maximum absolute atomic E-state index is 10.8. The van der Waals surface area contributed by atoms with E-state index in [0.29, 0.717) is 12.4 Å². The van der Waals surface area contributed by atoms with Gasteiger partial charge in [0.25, 0.3) is 5.69 Å². The molecule has 110 valence electrons. The first-order valence-corrected chi connectivity index (χ1v) is 6.51. The van der Waals surface area contributed by atoms with E-state index in [4.69, 9.17) is 5.84 Å². The van der Waals surface area contributed by atoms with Crippen molar-refractivity contribution in [2.75, 3.05) is 17.3 Å². The van der Waals surface area contributed by atoms with Crippen molar-refractivity contribution in [2.24, 2.45) is 5.84 Å². The topological polar surface area (TPSA) is 106 Å². The summed E-state index contributed by atoms with van der Waals surface area (Å²) in [5.74, 6) is 5.94. The summed E-state index contributed by atoms with van der Waals surface area (Å²) >= 11 is 0. The highest BCUT2D eigenvalue weighted by Gasteiger charge is 2.10. The summed E-state index contributed by atoms with van der Waals surface area (Å²) in [5.41, 5.74) is 4.71. The Morgan fingerprint density at radius 1 is 1.29 bits per heavy atom. The number of nitrogens with zero attached hydrogens (tertiary/aromatic N) is 2. The van der Waals surface area contributed by atoms with E-state index in [0.717, 1.165) is 6.42 Å². The van der Waals surface area contributed by atoms with Gasteiger partial charge in [-0.1, -0.05) is 24.3 Å². The number of nitro groups is 1. The van der Waals surface area contributed by atoms with Crippen LogP contribution in [0.3, 0.4) is 0 Å². The zero-order valence-corrected chi connectivity index (χ0v) is 11.7. The lowest BCUT2D eigenvalue weighted by molar-refractivity contribution is -0.384. The molecule has 21 heavy (non-hydrogen) atoms. The molecule has 0 atom stereocenters. The second-order valence-corrected chi connectivity index (χ2v) is 4.60. The van der Waals surface area contributed by atoms with Gasteiger partial charge in [0.05, 0.1) is 17.1 Å². The summed E-state index contributed by atoms with van der Waals surface area (Å²) in [6, 6.07) is 10.8. The minimum atomic E-state index is -0.477. The third-order valence-corrected chi connectivity index (χ3v) is 3.13.